The minimum absolute atomic E-state index is 0.117. The van der Waals surface area contributed by atoms with Crippen LogP contribution in [0.2, 0.25) is 9.62 Å². The fourth-order valence-electron chi connectivity index (χ4n) is 1.04. The average Bonchev–Trinajstić information content (AvgIpc) is 2.63. The Bertz CT molecular complexity index is 553. The van der Waals surface area contributed by atoms with Crippen molar-refractivity contribution in [2.24, 2.45) is 0 Å². The van der Waals surface area contributed by atoms with E-state index in [4.69, 9.17) is 23.2 Å². The Morgan fingerprint density at radius 1 is 1.35 bits per heavy atom. The molecule has 2 rings (SSSR count). The first-order chi connectivity index (χ1) is 8.04. The average molecular weight is 290 g/mol. The molecule has 0 bridgehead atoms. The number of carbonyl (C=O) groups is 1. The van der Waals surface area contributed by atoms with Crippen molar-refractivity contribution in [2.45, 2.75) is 6.92 Å². The van der Waals surface area contributed by atoms with E-state index in [-0.39, 0.29) is 20.6 Å². The number of aryl methyl sites for hydroxylation is 1. The van der Waals surface area contributed by atoms with Gasteiger partial charge in [-0.3, -0.25) is 10.1 Å². The minimum Gasteiger partial charge on any atom is -0.288 e. The Labute approximate surface area is 110 Å². The zero-order valence-corrected chi connectivity index (χ0v) is 10.8. The SMILES string of the molecule is Cc1cc(Cl)nc(NC(=O)c2nnc(Cl)s2)n1. The molecule has 0 fully saturated rings. The summed E-state index contributed by atoms with van der Waals surface area (Å²) in [6, 6.07) is 1.58. The quantitative estimate of drug-likeness (QED) is 0.857. The monoisotopic (exact) mass is 289 g/mol. The lowest BCUT2D eigenvalue weighted by Gasteiger charge is -2.02. The van der Waals surface area contributed by atoms with Crippen molar-refractivity contribution in [3.05, 3.63) is 26.4 Å². The predicted molar refractivity (Wildman–Crippen MR) is 64.7 cm³/mol. The second-order valence-corrected chi connectivity index (χ2v) is 4.92. The third kappa shape index (κ3) is 3.09. The van der Waals surface area contributed by atoms with Gasteiger partial charge in [-0.25, -0.2) is 9.97 Å². The molecule has 1 N–H and O–H groups in total. The van der Waals surface area contributed by atoms with Gasteiger partial charge in [-0.05, 0) is 24.6 Å². The minimum atomic E-state index is -0.476. The summed E-state index contributed by atoms with van der Waals surface area (Å²) in [5.74, 6) is -0.359. The van der Waals surface area contributed by atoms with Gasteiger partial charge in [-0.2, -0.15) is 0 Å². The number of amides is 1. The van der Waals surface area contributed by atoms with Gasteiger partial charge < -0.3 is 0 Å². The van der Waals surface area contributed by atoms with Crippen molar-refractivity contribution in [2.75, 3.05) is 5.32 Å². The summed E-state index contributed by atoms with van der Waals surface area (Å²) in [5, 5.41) is 9.96. The summed E-state index contributed by atoms with van der Waals surface area (Å²) in [6.07, 6.45) is 0. The van der Waals surface area contributed by atoms with Crippen molar-refractivity contribution in [3.8, 4) is 0 Å². The summed E-state index contributed by atoms with van der Waals surface area (Å²) in [4.78, 5) is 19.5. The maximum absolute atomic E-state index is 11.7. The number of aromatic nitrogens is 4. The molecule has 2 aromatic rings. The van der Waals surface area contributed by atoms with Crippen molar-refractivity contribution < 1.29 is 4.79 Å². The highest BCUT2D eigenvalue weighted by molar-refractivity contribution is 7.17. The number of anilines is 1. The number of halogens is 2. The van der Waals surface area contributed by atoms with Crippen molar-refractivity contribution in [3.63, 3.8) is 0 Å². The van der Waals surface area contributed by atoms with Gasteiger partial charge in [0.15, 0.2) is 0 Å². The second kappa shape index (κ2) is 4.91. The molecule has 0 radical (unpaired) electrons. The van der Waals surface area contributed by atoms with Gasteiger partial charge in [-0.15, -0.1) is 10.2 Å². The molecule has 1 amide bonds. The van der Waals surface area contributed by atoms with Gasteiger partial charge >= 0.3 is 0 Å². The van der Waals surface area contributed by atoms with E-state index in [1.165, 1.54) is 0 Å². The number of hydrogen-bond acceptors (Lipinski definition) is 6. The lowest BCUT2D eigenvalue weighted by Crippen LogP contribution is -2.14. The Balaban J connectivity index is 2.18. The molecule has 2 heterocycles. The molecule has 0 spiro atoms. The highest BCUT2D eigenvalue weighted by Crippen LogP contribution is 2.16. The largest absolute Gasteiger partial charge is 0.289 e. The summed E-state index contributed by atoms with van der Waals surface area (Å²) in [7, 11) is 0. The number of carbonyl (C=O) groups excluding carboxylic acids is 1. The standard InChI is InChI=1S/C8H5Cl2N5OS/c1-3-2-4(9)12-8(11-3)13-5(16)6-14-15-7(10)17-6/h2H,1H3,(H,11,12,13,16). The van der Waals surface area contributed by atoms with Crippen LogP contribution in [0.3, 0.4) is 0 Å². The first kappa shape index (κ1) is 12.2. The van der Waals surface area contributed by atoms with Crippen LogP contribution in [0, 0.1) is 6.92 Å². The van der Waals surface area contributed by atoms with Gasteiger partial charge in [0.25, 0.3) is 5.91 Å². The van der Waals surface area contributed by atoms with Gasteiger partial charge in [0.2, 0.25) is 15.4 Å². The van der Waals surface area contributed by atoms with Gasteiger partial charge in [-0.1, -0.05) is 22.9 Å². The molecule has 17 heavy (non-hydrogen) atoms. The number of hydrogen-bond donors (Lipinski definition) is 1. The molecule has 6 nitrogen and oxygen atoms in total. The van der Waals surface area contributed by atoms with Crippen molar-refractivity contribution in [1.82, 2.24) is 20.2 Å². The van der Waals surface area contributed by atoms with E-state index in [1.807, 2.05) is 0 Å². The fourth-order valence-corrected chi connectivity index (χ4v) is 2.00. The Morgan fingerprint density at radius 3 is 2.71 bits per heavy atom. The first-order valence-electron chi connectivity index (χ1n) is 4.36. The van der Waals surface area contributed by atoms with E-state index >= 15 is 0 Å². The molecule has 0 saturated carbocycles. The molecule has 0 aliphatic carbocycles. The zero-order valence-electron chi connectivity index (χ0n) is 8.44. The molecule has 0 aliphatic rings. The molecule has 0 unspecified atom stereocenters. The summed E-state index contributed by atoms with van der Waals surface area (Å²) in [5.41, 5.74) is 0.649. The fraction of sp³-hybridized carbons (Fsp3) is 0.125. The third-order valence-electron chi connectivity index (χ3n) is 1.64. The summed E-state index contributed by atoms with van der Waals surface area (Å²) in [6.45, 7) is 1.74. The van der Waals surface area contributed by atoms with Crippen LogP contribution in [0.4, 0.5) is 5.95 Å². The molecule has 9 heteroatoms. The van der Waals surface area contributed by atoms with E-state index in [0.717, 1.165) is 11.3 Å². The molecular weight excluding hydrogens is 285 g/mol. The van der Waals surface area contributed by atoms with Crippen LogP contribution < -0.4 is 5.32 Å². The van der Waals surface area contributed by atoms with Crippen molar-refractivity contribution in [1.29, 1.82) is 0 Å². The molecule has 0 aliphatic heterocycles. The number of nitrogens with zero attached hydrogens (tertiary/aromatic N) is 4. The molecule has 0 atom stereocenters. The van der Waals surface area contributed by atoms with Crippen molar-refractivity contribution >= 4 is 46.4 Å². The van der Waals surface area contributed by atoms with Gasteiger partial charge in [0, 0.05) is 5.69 Å². The van der Waals surface area contributed by atoms with Crippen LogP contribution in [0.25, 0.3) is 0 Å². The van der Waals surface area contributed by atoms with Gasteiger partial charge in [0.05, 0.1) is 0 Å². The van der Waals surface area contributed by atoms with E-state index in [9.17, 15) is 4.79 Å². The van der Waals surface area contributed by atoms with Crippen LogP contribution in [-0.4, -0.2) is 26.1 Å². The molecule has 2 aromatic heterocycles. The van der Waals surface area contributed by atoms with Crippen LogP contribution in [-0.2, 0) is 0 Å². The second-order valence-electron chi connectivity index (χ2n) is 2.97. The van der Waals surface area contributed by atoms with Gasteiger partial charge in [0.1, 0.15) is 5.15 Å². The summed E-state index contributed by atoms with van der Waals surface area (Å²) < 4.78 is 0.193. The highest BCUT2D eigenvalue weighted by Gasteiger charge is 2.13. The Kier molecular flexibility index (Phi) is 3.51. The molecule has 0 saturated heterocycles. The number of nitrogens with one attached hydrogen (secondary N) is 1. The Hall–Kier alpha value is -1.31. The maximum Gasteiger partial charge on any atom is 0.289 e. The lowest BCUT2D eigenvalue weighted by atomic mass is 10.4. The smallest absolute Gasteiger partial charge is 0.288 e. The van der Waals surface area contributed by atoms with Crippen LogP contribution in [0.15, 0.2) is 6.07 Å². The van der Waals surface area contributed by atoms with E-state index in [1.54, 1.807) is 13.0 Å². The summed E-state index contributed by atoms with van der Waals surface area (Å²) >= 11 is 12.3. The van der Waals surface area contributed by atoms with E-state index < -0.39 is 5.91 Å². The van der Waals surface area contributed by atoms with E-state index in [0.29, 0.717) is 5.69 Å². The Morgan fingerprint density at radius 2 is 2.12 bits per heavy atom. The normalized spacial score (nSPS) is 10.3. The molecule has 88 valence electrons. The first-order valence-corrected chi connectivity index (χ1v) is 5.93. The maximum atomic E-state index is 11.7. The van der Waals surface area contributed by atoms with Crippen LogP contribution in [0.1, 0.15) is 15.5 Å². The third-order valence-corrected chi connectivity index (χ3v) is 2.85. The predicted octanol–water partition coefficient (Wildman–Crippen LogP) is 2.20. The zero-order chi connectivity index (χ0) is 12.4. The highest BCUT2D eigenvalue weighted by atomic mass is 35.5. The topological polar surface area (TPSA) is 80.7 Å². The van der Waals surface area contributed by atoms with E-state index in [2.05, 4.69) is 25.5 Å². The molecule has 0 aromatic carbocycles. The lowest BCUT2D eigenvalue weighted by molar-refractivity contribution is 0.102. The van der Waals surface area contributed by atoms with Crippen LogP contribution in [0.5, 0.6) is 0 Å². The number of rotatable bonds is 2. The van der Waals surface area contributed by atoms with Crippen LogP contribution >= 0.6 is 34.5 Å². The molecular formula is C8H5Cl2N5OS.